The van der Waals surface area contributed by atoms with Crippen LogP contribution in [0.1, 0.15) is 13.8 Å². The molecule has 0 heterocycles. The number of anilines is 2. The maximum atomic E-state index is 13.1. The third-order valence-electron chi connectivity index (χ3n) is 2.07. The van der Waals surface area contributed by atoms with Gasteiger partial charge in [0.15, 0.2) is 5.82 Å². The third kappa shape index (κ3) is 3.56. The van der Waals surface area contributed by atoms with Crippen molar-refractivity contribution in [1.82, 2.24) is 0 Å². The Morgan fingerprint density at radius 1 is 1.44 bits per heavy atom. The molecule has 1 rings (SSSR count). The molecular formula is C11H16F2N2S. The summed E-state index contributed by atoms with van der Waals surface area (Å²) in [5.74, 6) is 0.537. The molecule has 16 heavy (non-hydrogen) atoms. The first-order valence-electron chi connectivity index (χ1n) is 5.13. The maximum Gasteiger partial charge on any atom is 0.151 e. The Hall–Kier alpha value is -0.970. The van der Waals surface area contributed by atoms with Gasteiger partial charge < -0.3 is 11.1 Å². The van der Waals surface area contributed by atoms with Crippen molar-refractivity contribution >= 4 is 23.1 Å². The monoisotopic (exact) mass is 246 g/mol. The molecule has 1 aromatic rings. The van der Waals surface area contributed by atoms with Crippen LogP contribution in [0.5, 0.6) is 0 Å². The number of thioether (sulfide) groups is 1. The summed E-state index contributed by atoms with van der Waals surface area (Å²) >= 11 is 1.76. The van der Waals surface area contributed by atoms with E-state index in [-0.39, 0.29) is 11.7 Å². The molecule has 0 aliphatic rings. The van der Waals surface area contributed by atoms with Gasteiger partial charge in [-0.05, 0) is 18.7 Å². The van der Waals surface area contributed by atoms with Crippen molar-refractivity contribution in [2.24, 2.45) is 0 Å². The molecule has 5 heteroatoms. The van der Waals surface area contributed by atoms with Gasteiger partial charge in [-0.15, -0.1) is 0 Å². The zero-order valence-electron chi connectivity index (χ0n) is 9.39. The van der Waals surface area contributed by atoms with Crippen molar-refractivity contribution in [1.29, 1.82) is 0 Å². The Labute approximate surface area is 98.6 Å². The maximum absolute atomic E-state index is 13.1. The Morgan fingerprint density at radius 3 is 2.75 bits per heavy atom. The van der Waals surface area contributed by atoms with E-state index in [1.165, 1.54) is 6.07 Å². The van der Waals surface area contributed by atoms with Crippen LogP contribution in [0, 0.1) is 11.6 Å². The zero-order valence-corrected chi connectivity index (χ0v) is 10.2. The Balaban J connectivity index is 2.72. The predicted molar refractivity (Wildman–Crippen MR) is 66.9 cm³/mol. The minimum absolute atomic E-state index is 0.0326. The zero-order chi connectivity index (χ0) is 12.1. The van der Waals surface area contributed by atoms with Crippen LogP contribution in [0.4, 0.5) is 20.2 Å². The lowest BCUT2D eigenvalue weighted by Gasteiger charge is -2.16. The minimum atomic E-state index is -0.724. The van der Waals surface area contributed by atoms with Gasteiger partial charge in [0.2, 0.25) is 0 Å². The first-order valence-corrected chi connectivity index (χ1v) is 6.28. The van der Waals surface area contributed by atoms with Crippen molar-refractivity contribution in [3.05, 3.63) is 23.8 Å². The molecule has 2 nitrogen and oxygen atoms in total. The molecule has 1 atom stereocenters. The van der Waals surface area contributed by atoms with Gasteiger partial charge in [-0.2, -0.15) is 11.8 Å². The highest BCUT2D eigenvalue weighted by Gasteiger charge is 2.10. The van der Waals surface area contributed by atoms with E-state index in [9.17, 15) is 8.78 Å². The summed E-state index contributed by atoms with van der Waals surface area (Å²) < 4.78 is 26.1. The fourth-order valence-electron chi connectivity index (χ4n) is 1.31. The smallest absolute Gasteiger partial charge is 0.151 e. The van der Waals surface area contributed by atoms with Crippen molar-refractivity contribution in [3.8, 4) is 0 Å². The molecule has 0 saturated carbocycles. The normalized spacial score (nSPS) is 12.5. The lowest BCUT2D eigenvalue weighted by molar-refractivity contribution is 0.586. The number of nitrogen functional groups attached to an aromatic ring is 1. The van der Waals surface area contributed by atoms with E-state index in [0.717, 1.165) is 17.6 Å². The summed E-state index contributed by atoms with van der Waals surface area (Å²) in [4.78, 5) is 0. The van der Waals surface area contributed by atoms with Gasteiger partial charge in [0.1, 0.15) is 5.82 Å². The SMILES string of the molecule is CCSCC(C)Nc1cc(F)cc(F)c1N. The lowest BCUT2D eigenvalue weighted by atomic mass is 10.2. The fraction of sp³-hybridized carbons (Fsp3) is 0.455. The molecule has 90 valence electrons. The number of hydrogen-bond acceptors (Lipinski definition) is 3. The second kappa shape index (κ2) is 5.94. The van der Waals surface area contributed by atoms with Crippen molar-refractivity contribution in [2.45, 2.75) is 19.9 Å². The molecule has 0 aromatic heterocycles. The van der Waals surface area contributed by atoms with Gasteiger partial charge in [-0.3, -0.25) is 0 Å². The standard InChI is InChI=1S/C11H16F2N2S/c1-3-16-6-7(2)15-10-5-8(12)4-9(13)11(10)14/h4-5,7,15H,3,6,14H2,1-2H3. The second-order valence-electron chi connectivity index (χ2n) is 3.55. The average molecular weight is 246 g/mol. The number of nitrogens with two attached hydrogens (primary N) is 1. The molecule has 0 aliphatic heterocycles. The molecule has 0 amide bonds. The third-order valence-corrected chi connectivity index (χ3v) is 3.21. The van der Waals surface area contributed by atoms with Crippen LogP contribution in [0.15, 0.2) is 12.1 Å². The van der Waals surface area contributed by atoms with Gasteiger partial charge in [-0.25, -0.2) is 8.78 Å². The molecule has 0 radical (unpaired) electrons. The molecule has 0 aliphatic carbocycles. The quantitative estimate of drug-likeness (QED) is 0.784. The summed E-state index contributed by atoms with van der Waals surface area (Å²) in [7, 11) is 0. The number of benzene rings is 1. The highest BCUT2D eigenvalue weighted by Crippen LogP contribution is 2.24. The first-order chi connectivity index (χ1) is 7.54. The Bertz CT molecular complexity index is 358. The molecule has 0 bridgehead atoms. The molecule has 3 N–H and O–H groups in total. The van der Waals surface area contributed by atoms with Crippen LogP contribution in [-0.2, 0) is 0 Å². The van der Waals surface area contributed by atoms with Crippen molar-refractivity contribution in [3.63, 3.8) is 0 Å². The molecule has 1 aromatic carbocycles. The largest absolute Gasteiger partial charge is 0.395 e. The number of hydrogen-bond donors (Lipinski definition) is 2. The fourth-order valence-corrected chi connectivity index (χ4v) is 1.98. The molecular weight excluding hydrogens is 230 g/mol. The number of halogens is 2. The lowest BCUT2D eigenvalue weighted by Crippen LogP contribution is -2.19. The molecule has 0 saturated heterocycles. The van der Waals surface area contributed by atoms with E-state index in [4.69, 9.17) is 5.73 Å². The van der Waals surface area contributed by atoms with Gasteiger partial charge in [0.05, 0.1) is 11.4 Å². The molecule has 0 fully saturated rings. The van der Waals surface area contributed by atoms with Gasteiger partial charge in [0.25, 0.3) is 0 Å². The number of rotatable bonds is 5. The summed E-state index contributed by atoms with van der Waals surface area (Å²) in [5.41, 5.74) is 5.81. The van der Waals surface area contributed by atoms with Crippen LogP contribution in [0.2, 0.25) is 0 Å². The van der Waals surface area contributed by atoms with Crippen molar-refractivity contribution in [2.75, 3.05) is 22.6 Å². The summed E-state index contributed by atoms with van der Waals surface area (Å²) in [5, 5.41) is 3.00. The average Bonchev–Trinajstić information content (AvgIpc) is 2.22. The Kier molecular flexibility index (Phi) is 4.86. The minimum Gasteiger partial charge on any atom is -0.395 e. The van der Waals surface area contributed by atoms with E-state index in [1.807, 2.05) is 6.92 Å². The van der Waals surface area contributed by atoms with E-state index >= 15 is 0 Å². The van der Waals surface area contributed by atoms with E-state index < -0.39 is 11.6 Å². The van der Waals surface area contributed by atoms with Crippen LogP contribution in [0.3, 0.4) is 0 Å². The van der Waals surface area contributed by atoms with Crippen LogP contribution >= 0.6 is 11.8 Å². The summed E-state index contributed by atoms with van der Waals surface area (Å²) in [6.07, 6.45) is 0. The molecule has 1 unspecified atom stereocenters. The highest BCUT2D eigenvalue weighted by molar-refractivity contribution is 7.99. The van der Waals surface area contributed by atoms with Crippen LogP contribution < -0.4 is 11.1 Å². The van der Waals surface area contributed by atoms with E-state index in [0.29, 0.717) is 5.69 Å². The predicted octanol–water partition coefficient (Wildman–Crippen LogP) is 3.10. The van der Waals surface area contributed by atoms with E-state index in [1.54, 1.807) is 11.8 Å². The number of nitrogens with one attached hydrogen (secondary N) is 1. The topological polar surface area (TPSA) is 38.0 Å². The summed E-state index contributed by atoms with van der Waals surface area (Å²) in [6, 6.07) is 2.12. The highest BCUT2D eigenvalue weighted by atomic mass is 32.2. The van der Waals surface area contributed by atoms with Crippen molar-refractivity contribution < 1.29 is 8.78 Å². The van der Waals surface area contributed by atoms with Gasteiger partial charge >= 0.3 is 0 Å². The first kappa shape index (κ1) is 13.1. The van der Waals surface area contributed by atoms with Crippen LogP contribution in [0.25, 0.3) is 0 Å². The van der Waals surface area contributed by atoms with Crippen LogP contribution in [-0.4, -0.2) is 17.5 Å². The Morgan fingerprint density at radius 2 is 2.12 bits per heavy atom. The second-order valence-corrected chi connectivity index (χ2v) is 4.87. The van der Waals surface area contributed by atoms with E-state index in [2.05, 4.69) is 12.2 Å². The molecule has 0 spiro atoms. The van der Waals surface area contributed by atoms with Gasteiger partial charge in [0, 0.05) is 17.9 Å². The van der Waals surface area contributed by atoms with Gasteiger partial charge in [-0.1, -0.05) is 6.92 Å². The summed E-state index contributed by atoms with van der Waals surface area (Å²) in [6.45, 7) is 4.01.